The number of benzene rings is 2. The number of aromatic nitrogens is 1. The Morgan fingerprint density at radius 1 is 1.05 bits per heavy atom. The molecular formula is C30H32FN2NaO5. The fourth-order valence-electron chi connectivity index (χ4n) is 4.64. The molecule has 0 aliphatic heterocycles. The van der Waals surface area contributed by atoms with Crippen LogP contribution >= 0.6 is 0 Å². The van der Waals surface area contributed by atoms with Gasteiger partial charge in [-0.2, -0.15) is 0 Å². The van der Waals surface area contributed by atoms with E-state index in [1.807, 2.05) is 48.7 Å². The van der Waals surface area contributed by atoms with Crippen LogP contribution in [0.5, 0.6) is 0 Å². The molecule has 9 heteroatoms. The number of carbonyl (C=O) groups is 2. The monoisotopic (exact) mass is 542 g/mol. The van der Waals surface area contributed by atoms with Crippen molar-refractivity contribution in [1.29, 1.82) is 0 Å². The summed E-state index contributed by atoms with van der Waals surface area (Å²) in [5, 5.41) is 34.4. The number of nitrogens with one attached hydrogen (secondary N) is 1. The number of hydrogen-bond acceptors (Lipinski definition) is 5. The second kappa shape index (κ2) is 13.5. The second-order valence-electron chi connectivity index (χ2n) is 9.96. The van der Waals surface area contributed by atoms with Crippen molar-refractivity contribution in [2.45, 2.75) is 63.8 Å². The summed E-state index contributed by atoms with van der Waals surface area (Å²) in [5.41, 5.74) is 3.98. The van der Waals surface area contributed by atoms with E-state index in [2.05, 4.69) is 5.32 Å². The van der Waals surface area contributed by atoms with Gasteiger partial charge in [-0.1, -0.05) is 48.5 Å². The normalized spacial score (nSPS) is 14.7. The molecule has 1 aliphatic rings. The molecular weight excluding hydrogens is 510 g/mol. The smallest absolute Gasteiger partial charge is 0.550 e. The van der Waals surface area contributed by atoms with Crippen LogP contribution in [-0.4, -0.2) is 44.9 Å². The average Bonchev–Trinajstić information content (AvgIpc) is 3.60. The fraction of sp³-hybridized carbons (Fsp3) is 0.333. The molecule has 200 valence electrons. The van der Waals surface area contributed by atoms with Crippen molar-refractivity contribution < 1.29 is 58.9 Å². The molecule has 0 radical (unpaired) electrons. The molecule has 0 unspecified atom stereocenters. The zero-order valence-electron chi connectivity index (χ0n) is 22.4. The van der Waals surface area contributed by atoms with Crippen molar-refractivity contribution in [2.75, 3.05) is 0 Å². The van der Waals surface area contributed by atoms with Crippen molar-refractivity contribution in [3.8, 4) is 22.3 Å². The maximum absolute atomic E-state index is 13.9. The van der Waals surface area contributed by atoms with Gasteiger partial charge in [-0.3, -0.25) is 4.79 Å². The predicted molar refractivity (Wildman–Crippen MR) is 141 cm³/mol. The van der Waals surface area contributed by atoms with Crippen LogP contribution in [0.3, 0.4) is 0 Å². The van der Waals surface area contributed by atoms with Crippen LogP contribution in [0.15, 0.2) is 60.7 Å². The number of aliphatic hydroxyl groups excluding tert-OH is 2. The number of carboxylic acid groups (broad SMARTS) is 1. The number of halogens is 1. The van der Waals surface area contributed by atoms with Crippen molar-refractivity contribution in [3.05, 3.63) is 77.9 Å². The van der Waals surface area contributed by atoms with E-state index in [0.29, 0.717) is 28.1 Å². The van der Waals surface area contributed by atoms with E-state index in [-0.39, 0.29) is 59.8 Å². The summed E-state index contributed by atoms with van der Waals surface area (Å²) in [6, 6.07) is 15.5. The summed E-state index contributed by atoms with van der Waals surface area (Å²) in [7, 11) is 0. The molecule has 3 aromatic rings. The Hall–Kier alpha value is -2.75. The third-order valence-electron chi connectivity index (χ3n) is 6.47. The van der Waals surface area contributed by atoms with Crippen molar-refractivity contribution in [1.82, 2.24) is 9.88 Å². The van der Waals surface area contributed by atoms with Crippen molar-refractivity contribution >= 4 is 18.0 Å². The van der Waals surface area contributed by atoms with Crippen LogP contribution in [0.1, 0.15) is 61.8 Å². The summed E-state index contributed by atoms with van der Waals surface area (Å²) < 4.78 is 15.8. The summed E-state index contributed by atoms with van der Waals surface area (Å²) >= 11 is 0. The first-order valence-electron chi connectivity index (χ1n) is 12.8. The van der Waals surface area contributed by atoms with E-state index < -0.39 is 24.6 Å². The van der Waals surface area contributed by atoms with Crippen LogP contribution in [-0.2, 0) is 4.79 Å². The minimum Gasteiger partial charge on any atom is -0.550 e. The number of aliphatic hydroxyl groups is 2. The van der Waals surface area contributed by atoms with E-state index in [1.54, 1.807) is 18.2 Å². The molecule has 1 aromatic heterocycles. The van der Waals surface area contributed by atoms with E-state index in [1.165, 1.54) is 18.2 Å². The molecule has 0 bridgehead atoms. The molecule has 1 heterocycles. The molecule has 3 N–H and O–H groups in total. The molecule has 39 heavy (non-hydrogen) atoms. The van der Waals surface area contributed by atoms with Gasteiger partial charge in [-0.25, -0.2) is 4.39 Å². The molecule has 0 saturated heterocycles. The first-order chi connectivity index (χ1) is 18.2. The molecule has 1 amide bonds. The van der Waals surface area contributed by atoms with Gasteiger partial charge >= 0.3 is 29.6 Å². The Morgan fingerprint density at radius 3 is 2.23 bits per heavy atom. The topological polar surface area (TPSA) is 115 Å². The third kappa shape index (κ3) is 7.68. The molecule has 1 saturated carbocycles. The molecule has 4 rings (SSSR count). The van der Waals surface area contributed by atoms with E-state index in [9.17, 15) is 29.3 Å². The summed E-state index contributed by atoms with van der Waals surface area (Å²) in [6.07, 6.45) is 1.79. The van der Waals surface area contributed by atoms with Gasteiger partial charge in [-0.05, 0) is 56.0 Å². The van der Waals surface area contributed by atoms with E-state index >= 15 is 0 Å². The van der Waals surface area contributed by atoms with E-state index in [0.717, 1.165) is 18.4 Å². The van der Waals surface area contributed by atoms with Crippen LogP contribution < -0.4 is 40.0 Å². The number of carbonyl (C=O) groups excluding carboxylic acids is 2. The van der Waals surface area contributed by atoms with Crippen LogP contribution in [0.25, 0.3) is 28.3 Å². The Bertz CT molecular complexity index is 1320. The molecule has 7 nitrogen and oxygen atoms in total. The number of carboxylic acids is 1. The first kappa shape index (κ1) is 30.8. The van der Waals surface area contributed by atoms with Crippen molar-refractivity contribution in [3.63, 3.8) is 0 Å². The maximum atomic E-state index is 13.9. The largest absolute Gasteiger partial charge is 1.00 e. The van der Waals surface area contributed by atoms with Gasteiger partial charge in [0.25, 0.3) is 5.91 Å². The van der Waals surface area contributed by atoms with Crippen LogP contribution in [0.2, 0.25) is 0 Å². The standard InChI is InChI=1S/C30H33FN2O5.Na/c1-18(2)33-25(15-14-23(34)16-24(35)17-26(36)37)27(20-8-10-21(31)11-9-20)28(19-6-4-3-5-7-19)29(33)30(38)32-22-12-13-22;/h3-11,14-15,18,22-24,34-35H,12-13,16-17H2,1-2H3,(H,32,38)(H,36,37);/q;+1/p-1/b15-14+;/t23-,24-;/m1./s1. The molecule has 2 atom stereocenters. The molecule has 2 aromatic carbocycles. The minimum atomic E-state index is -1.40. The van der Waals surface area contributed by atoms with Gasteiger partial charge in [0, 0.05) is 47.7 Å². The zero-order valence-corrected chi connectivity index (χ0v) is 24.4. The molecule has 1 aliphatic carbocycles. The van der Waals surface area contributed by atoms with Gasteiger partial charge in [0.05, 0.1) is 12.2 Å². The van der Waals surface area contributed by atoms with Gasteiger partial charge in [0.1, 0.15) is 11.5 Å². The Kier molecular flexibility index (Phi) is 10.7. The number of aliphatic carboxylic acids is 1. The van der Waals surface area contributed by atoms with Gasteiger partial charge in [0.2, 0.25) is 0 Å². The predicted octanol–water partition coefficient (Wildman–Crippen LogP) is 0.703. The van der Waals surface area contributed by atoms with Crippen LogP contribution in [0.4, 0.5) is 4.39 Å². The maximum Gasteiger partial charge on any atom is 1.00 e. The van der Waals surface area contributed by atoms with Gasteiger partial charge in [0.15, 0.2) is 0 Å². The van der Waals surface area contributed by atoms with Crippen molar-refractivity contribution in [2.24, 2.45) is 0 Å². The summed E-state index contributed by atoms with van der Waals surface area (Å²) in [5.74, 6) is -2.01. The Balaban J connectivity index is 0.00000420. The summed E-state index contributed by atoms with van der Waals surface area (Å²) in [4.78, 5) is 24.5. The SMILES string of the molecule is CC(C)n1c(/C=C/[C@@H](O)C[C@@H](O)CC(=O)[O-])c(-c2ccc(F)cc2)c(-c2ccccc2)c1C(=O)NC1CC1.[Na+]. The van der Waals surface area contributed by atoms with E-state index in [4.69, 9.17) is 0 Å². The second-order valence-corrected chi connectivity index (χ2v) is 9.96. The third-order valence-corrected chi connectivity index (χ3v) is 6.47. The number of nitrogens with zero attached hydrogens (tertiary/aromatic N) is 1. The molecule has 1 fully saturated rings. The fourth-order valence-corrected chi connectivity index (χ4v) is 4.64. The minimum absolute atomic E-state index is 0. The van der Waals surface area contributed by atoms with Crippen LogP contribution in [0, 0.1) is 5.82 Å². The average molecular weight is 543 g/mol. The Labute approximate surface area is 249 Å². The zero-order chi connectivity index (χ0) is 27.4. The summed E-state index contributed by atoms with van der Waals surface area (Å²) in [6.45, 7) is 3.91. The molecule has 0 spiro atoms. The van der Waals surface area contributed by atoms with Gasteiger partial charge in [-0.15, -0.1) is 0 Å². The number of amides is 1. The number of rotatable bonds is 11. The van der Waals surface area contributed by atoms with Gasteiger partial charge < -0.3 is 30.0 Å². The number of hydrogen-bond donors (Lipinski definition) is 3. The Morgan fingerprint density at radius 2 is 1.67 bits per heavy atom. The quantitative estimate of drug-likeness (QED) is 0.309. The first-order valence-corrected chi connectivity index (χ1v) is 12.8.